The average molecular weight is 424 g/mol. The van der Waals surface area contributed by atoms with E-state index in [0.717, 1.165) is 11.1 Å². The number of hydrogen-bond acceptors (Lipinski definition) is 6. The molecule has 2 amide bonds. The third kappa shape index (κ3) is 3.59. The van der Waals surface area contributed by atoms with Gasteiger partial charge < -0.3 is 15.2 Å². The second kappa shape index (κ2) is 8.73. The standard InChI is InChI=1S/C22H20N2O5S/c25-11-16-12-30-21-17(23-13-26)20(27)24(21)18(16)22(28)29-19(14-7-3-1-4-8-14)15-9-5-2-6-10-15/h1-10,13,17,19,21,25H,11-12H2,(H,23,26)/t17?,21-/m0/s1. The zero-order chi connectivity index (χ0) is 21.1. The lowest BCUT2D eigenvalue weighted by Crippen LogP contribution is -2.69. The van der Waals surface area contributed by atoms with Crippen molar-refractivity contribution in [3.63, 3.8) is 0 Å². The number of fused-ring (bicyclic) bond motifs is 1. The zero-order valence-electron chi connectivity index (χ0n) is 15.9. The van der Waals surface area contributed by atoms with Crippen molar-refractivity contribution < 1.29 is 24.2 Å². The zero-order valence-corrected chi connectivity index (χ0v) is 16.7. The van der Waals surface area contributed by atoms with E-state index >= 15 is 0 Å². The van der Waals surface area contributed by atoms with Crippen molar-refractivity contribution in [3.8, 4) is 0 Å². The molecule has 2 aromatic rings. The molecule has 1 fully saturated rings. The van der Waals surface area contributed by atoms with E-state index in [0.29, 0.717) is 17.7 Å². The summed E-state index contributed by atoms with van der Waals surface area (Å²) in [7, 11) is 0. The molecule has 0 aliphatic carbocycles. The molecule has 154 valence electrons. The summed E-state index contributed by atoms with van der Waals surface area (Å²) in [6, 6.07) is 18.0. The first-order chi connectivity index (χ1) is 14.7. The molecule has 0 radical (unpaired) electrons. The van der Waals surface area contributed by atoms with Crippen LogP contribution in [0.25, 0.3) is 0 Å². The van der Waals surface area contributed by atoms with Crippen LogP contribution < -0.4 is 5.32 Å². The van der Waals surface area contributed by atoms with Crippen LogP contribution >= 0.6 is 11.8 Å². The van der Waals surface area contributed by atoms with Crippen molar-refractivity contribution in [2.75, 3.05) is 12.4 Å². The Morgan fingerprint density at radius 1 is 1.17 bits per heavy atom. The fourth-order valence-corrected chi connectivity index (χ4v) is 4.98. The highest BCUT2D eigenvalue weighted by Crippen LogP contribution is 2.41. The number of esters is 1. The molecule has 0 spiro atoms. The van der Waals surface area contributed by atoms with Crippen molar-refractivity contribution >= 4 is 30.0 Å². The maximum atomic E-state index is 13.2. The Bertz CT molecular complexity index is 940. The Hall–Kier alpha value is -3.10. The van der Waals surface area contributed by atoms with Gasteiger partial charge in [-0.3, -0.25) is 14.5 Å². The van der Waals surface area contributed by atoms with Gasteiger partial charge in [0.1, 0.15) is 17.1 Å². The second-order valence-electron chi connectivity index (χ2n) is 6.89. The molecule has 1 unspecified atom stereocenters. The molecule has 2 N–H and O–H groups in total. The number of carbonyl (C=O) groups excluding carboxylic acids is 3. The molecule has 4 rings (SSSR count). The summed E-state index contributed by atoms with van der Waals surface area (Å²) >= 11 is 1.39. The van der Waals surface area contributed by atoms with Crippen LogP contribution in [0.4, 0.5) is 0 Å². The van der Waals surface area contributed by atoms with Crippen LogP contribution in [-0.2, 0) is 19.1 Å². The smallest absolute Gasteiger partial charge is 0.356 e. The number of benzene rings is 2. The number of aliphatic hydroxyl groups excluding tert-OH is 1. The average Bonchev–Trinajstić information content (AvgIpc) is 2.80. The number of thioether (sulfide) groups is 1. The predicted molar refractivity (Wildman–Crippen MR) is 111 cm³/mol. The third-order valence-corrected chi connectivity index (χ3v) is 6.45. The van der Waals surface area contributed by atoms with Gasteiger partial charge in [-0.2, -0.15) is 0 Å². The lowest BCUT2D eigenvalue weighted by Gasteiger charge is -2.49. The summed E-state index contributed by atoms with van der Waals surface area (Å²) in [5.74, 6) is -0.707. The van der Waals surface area contributed by atoms with Crippen LogP contribution in [0.1, 0.15) is 17.2 Å². The number of amides is 2. The first-order valence-electron chi connectivity index (χ1n) is 9.43. The second-order valence-corrected chi connectivity index (χ2v) is 7.99. The van der Waals surface area contributed by atoms with E-state index in [4.69, 9.17) is 4.74 Å². The highest BCUT2D eigenvalue weighted by molar-refractivity contribution is 8.00. The van der Waals surface area contributed by atoms with Crippen LogP contribution in [0.3, 0.4) is 0 Å². The summed E-state index contributed by atoms with van der Waals surface area (Å²) in [6.45, 7) is -0.360. The molecule has 2 heterocycles. The Balaban J connectivity index is 1.65. The molecule has 0 aromatic heterocycles. The number of aliphatic hydroxyl groups is 1. The number of nitrogens with one attached hydrogen (secondary N) is 1. The van der Waals surface area contributed by atoms with Crippen LogP contribution in [0.15, 0.2) is 71.9 Å². The molecule has 7 nitrogen and oxygen atoms in total. The highest BCUT2D eigenvalue weighted by Gasteiger charge is 2.53. The van der Waals surface area contributed by atoms with E-state index in [2.05, 4.69) is 5.32 Å². The molecule has 8 heteroatoms. The van der Waals surface area contributed by atoms with Gasteiger partial charge in [0.25, 0.3) is 5.91 Å². The summed E-state index contributed by atoms with van der Waals surface area (Å²) in [6.07, 6.45) is -0.189. The van der Waals surface area contributed by atoms with E-state index in [-0.39, 0.29) is 12.3 Å². The van der Waals surface area contributed by atoms with Crippen molar-refractivity contribution in [1.82, 2.24) is 10.2 Å². The van der Waals surface area contributed by atoms with Gasteiger partial charge in [-0.25, -0.2) is 4.79 Å². The summed E-state index contributed by atoms with van der Waals surface area (Å²) in [4.78, 5) is 37.9. The number of rotatable bonds is 7. The van der Waals surface area contributed by atoms with Gasteiger partial charge in [-0.05, 0) is 16.7 Å². The Kier molecular flexibility index (Phi) is 5.87. The van der Waals surface area contributed by atoms with Gasteiger partial charge in [-0.1, -0.05) is 60.7 Å². The van der Waals surface area contributed by atoms with Crippen LogP contribution in [0.5, 0.6) is 0 Å². The number of β-lactam (4-membered cyclic amide) rings is 1. The lowest BCUT2D eigenvalue weighted by atomic mass is 10.0. The number of carbonyl (C=O) groups is 3. The van der Waals surface area contributed by atoms with E-state index in [1.54, 1.807) is 0 Å². The Labute approximate surface area is 177 Å². The highest BCUT2D eigenvalue weighted by atomic mass is 32.2. The topological polar surface area (TPSA) is 95.9 Å². The number of ether oxygens (including phenoxy) is 1. The Morgan fingerprint density at radius 2 is 1.77 bits per heavy atom. The SMILES string of the molecule is O=CNC1C(=O)N2C(C(=O)OC(c3ccccc3)c3ccccc3)=C(CO)CS[C@@H]12. The van der Waals surface area contributed by atoms with Crippen molar-refractivity contribution in [1.29, 1.82) is 0 Å². The quantitative estimate of drug-likeness (QED) is 0.398. The first kappa shape index (κ1) is 20.2. The van der Waals surface area contributed by atoms with Crippen LogP contribution in [-0.4, -0.2) is 52.1 Å². The molecule has 0 saturated carbocycles. The van der Waals surface area contributed by atoms with E-state index in [9.17, 15) is 19.5 Å². The fourth-order valence-electron chi connectivity index (χ4n) is 3.63. The fraction of sp³-hybridized carbons (Fsp3) is 0.227. The minimum absolute atomic E-state index is 0.0621. The van der Waals surface area contributed by atoms with Crippen LogP contribution in [0, 0.1) is 0 Å². The number of hydrogen-bond donors (Lipinski definition) is 2. The minimum atomic E-state index is -0.686. The normalized spacial score (nSPS) is 20.5. The predicted octanol–water partition coefficient (Wildman–Crippen LogP) is 1.60. The Morgan fingerprint density at radius 3 is 2.30 bits per heavy atom. The molecule has 2 aromatic carbocycles. The van der Waals surface area contributed by atoms with Gasteiger partial charge in [0.15, 0.2) is 6.10 Å². The van der Waals surface area contributed by atoms with E-state index < -0.39 is 29.4 Å². The molecular weight excluding hydrogens is 404 g/mol. The van der Waals surface area contributed by atoms with E-state index in [1.165, 1.54) is 16.7 Å². The van der Waals surface area contributed by atoms with Crippen molar-refractivity contribution in [2.45, 2.75) is 17.5 Å². The van der Waals surface area contributed by atoms with Gasteiger partial charge >= 0.3 is 5.97 Å². The molecule has 30 heavy (non-hydrogen) atoms. The van der Waals surface area contributed by atoms with Gasteiger partial charge in [-0.15, -0.1) is 11.8 Å². The van der Waals surface area contributed by atoms with E-state index in [1.807, 2.05) is 60.7 Å². The largest absolute Gasteiger partial charge is 0.448 e. The summed E-state index contributed by atoms with van der Waals surface area (Å²) in [5, 5.41) is 11.9. The summed E-state index contributed by atoms with van der Waals surface area (Å²) < 4.78 is 5.89. The third-order valence-electron chi connectivity index (χ3n) is 5.11. The molecule has 2 aliphatic rings. The van der Waals surface area contributed by atoms with Gasteiger partial charge in [0.2, 0.25) is 6.41 Å². The molecular formula is C22H20N2O5S. The van der Waals surface area contributed by atoms with Crippen molar-refractivity contribution in [3.05, 3.63) is 83.1 Å². The van der Waals surface area contributed by atoms with Crippen LogP contribution in [0.2, 0.25) is 0 Å². The lowest BCUT2D eigenvalue weighted by molar-refractivity contribution is -0.154. The molecule has 0 bridgehead atoms. The first-order valence-corrected chi connectivity index (χ1v) is 10.5. The maximum Gasteiger partial charge on any atom is 0.356 e. The molecule has 2 aliphatic heterocycles. The van der Waals surface area contributed by atoms with Crippen molar-refractivity contribution in [2.24, 2.45) is 0 Å². The molecule has 2 atom stereocenters. The number of nitrogens with zero attached hydrogens (tertiary/aromatic N) is 1. The van der Waals surface area contributed by atoms with Gasteiger partial charge in [0.05, 0.1) is 6.61 Å². The molecule has 1 saturated heterocycles. The monoisotopic (exact) mass is 424 g/mol. The summed E-state index contributed by atoms with van der Waals surface area (Å²) in [5.41, 5.74) is 2.08. The maximum absolute atomic E-state index is 13.2. The minimum Gasteiger partial charge on any atom is -0.448 e. The van der Waals surface area contributed by atoms with Gasteiger partial charge in [0, 0.05) is 5.75 Å².